The molecule has 0 aromatic heterocycles. The maximum Gasteiger partial charge on any atom is 0.306 e. The second-order valence-corrected chi connectivity index (χ2v) is 8.53. The number of rotatable bonds is 6. The van der Waals surface area contributed by atoms with Crippen molar-refractivity contribution in [3.8, 4) is 11.5 Å². The first kappa shape index (κ1) is 17.9. The van der Waals surface area contributed by atoms with Crippen molar-refractivity contribution in [3.05, 3.63) is 58.7 Å². The molecular formula is C23H26O4. The molecule has 1 aliphatic carbocycles. The number of hydrogen-bond donors (Lipinski definition) is 1. The van der Waals surface area contributed by atoms with Crippen LogP contribution in [0.25, 0.3) is 0 Å². The number of hydrogen-bond acceptors (Lipinski definition) is 3. The predicted molar refractivity (Wildman–Crippen MR) is 103 cm³/mol. The van der Waals surface area contributed by atoms with Crippen molar-refractivity contribution >= 4 is 5.97 Å². The van der Waals surface area contributed by atoms with Crippen molar-refractivity contribution in [2.24, 2.45) is 11.8 Å². The molecule has 27 heavy (non-hydrogen) atoms. The zero-order valence-corrected chi connectivity index (χ0v) is 16.1. The van der Waals surface area contributed by atoms with E-state index in [4.69, 9.17) is 14.6 Å². The van der Waals surface area contributed by atoms with E-state index < -0.39 is 5.97 Å². The highest BCUT2D eigenvalue weighted by molar-refractivity contribution is 5.73. The fraction of sp³-hybridized carbons (Fsp3) is 0.435. The highest BCUT2D eigenvalue weighted by Crippen LogP contribution is 2.41. The normalized spacial score (nSPS) is 22.0. The van der Waals surface area contributed by atoms with E-state index in [1.165, 1.54) is 11.1 Å². The van der Waals surface area contributed by atoms with Gasteiger partial charge in [-0.3, -0.25) is 4.79 Å². The van der Waals surface area contributed by atoms with E-state index in [0.29, 0.717) is 6.61 Å². The third-order valence-corrected chi connectivity index (χ3v) is 5.44. The van der Waals surface area contributed by atoms with Gasteiger partial charge in [0.25, 0.3) is 0 Å². The van der Waals surface area contributed by atoms with E-state index in [0.717, 1.165) is 41.9 Å². The fourth-order valence-corrected chi connectivity index (χ4v) is 4.03. The molecule has 0 saturated heterocycles. The topological polar surface area (TPSA) is 55.8 Å². The minimum Gasteiger partial charge on any atom is -0.489 e. The summed E-state index contributed by atoms with van der Waals surface area (Å²) in [6.07, 6.45) is 2.54. The monoisotopic (exact) mass is 366 g/mol. The Hall–Kier alpha value is -2.49. The average molecular weight is 366 g/mol. The molecule has 4 nitrogen and oxygen atoms in total. The number of fused-ring (bicyclic) bond motifs is 1. The summed E-state index contributed by atoms with van der Waals surface area (Å²) in [6.45, 7) is 6.80. The van der Waals surface area contributed by atoms with E-state index in [1.807, 2.05) is 24.3 Å². The quantitative estimate of drug-likeness (QED) is 0.815. The van der Waals surface area contributed by atoms with Crippen LogP contribution in [0.3, 0.4) is 0 Å². The first-order valence-corrected chi connectivity index (χ1v) is 9.57. The summed E-state index contributed by atoms with van der Waals surface area (Å²) in [7, 11) is 0. The van der Waals surface area contributed by atoms with Gasteiger partial charge in [0.15, 0.2) is 0 Å². The number of carboxylic acid groups (broad SMARTS) is 1. The van der Waals surface area contributed by atoms with E-state index in [1.54, 1.807) is 0 Å². The summed E-state index contributed by atoms with van der Waals surface area (Å²) in [5, 5.41) is 9.01. The first-order chi connectivity index (χ1) is 12.8. The third-order valence-electron chi connectivity index (χ3n) is 5.44. The molecule has 0 spiro atoms. The van der Waals surface area contributed by atoms with Gasteiger partial charge in [0, 0.05) is 12.0 Å². The molecule has 4 rings (SSSR count). The van der Waals surface area contributed by atoms with Crippen LogP contribution in [0.1, 0.15) is 42.5 Å². The Bertz CT molecular complexity index is 867. The lowest BCUT2D eigenvalue weighted by Gasteiger charge is -2.18. The Morgan fingerprint density at radius 2 is 2.00 bits per heavy atom. The maximum absolute atomic E-state index is 11.0. The molecule has 2 aliphatic rings. The van der Waals surface area contributed by atoms with Crippen molar-refractivity contribution < 1.29 is 19.4 Å². The lowest BCUT2D eigenvalue weighted by molar-refractivity contribution is -0.138. The van der Waals surface area contributed by atoms with Crippen LogP contribution >= 0.6 is 0 Å². The van der Waals surface area contributed by atoms with E-state index in [-0.39, 0.29) is 17.4 Å². The first-order valence-electron chi connectivity index (χ1n) is 9.57. The molecule has 142 valence electrons. The van der Waals surface area contributed by atoms with Crippen molar-refractivity contribution in [1.29, 1.82) is 0 Å². The van der Waals surface area contributed by atoms with Crippen LogP contribution in [-0.2, 0) is 24.2 Å². The molecule has 2 atom stereocenters. The second-order valence-electron chi connectivity index (χ2n) is 8.53. The summed E-state index contributed by atoms with van der Waals surface area (Å²) < 4.78 is 12.1. The fourth-order valence-electron chi connectivity index (χ4n) is 4.03. The zero-order valence-electron chi connectivity index (χ0n) is 16.1. The van der Waals surface area contributed by atoms with Gasteiger partial charge in [-0.1, -0.05) is 23.8 Å². The number of carbonyl (C=O) groups is 1. The molecule has 4 heteroatoms. The molecular weight excluding hydrogens is 340 g/mol. The standard InChI is InChI=1S/C23H26O4/c1-14-8-17-12-23(2,3)27-21(17)18(9-14)13-26-19-6-4-15(5-7-19)10-16-11-20(16)22(24)25/h4-9,16,20H,10-13H2,1-3H3,(H,24,25). The summed E-state index contributed by atoms with van der Waals surface area (Å²) >= 11 is 0. The van der Waals surface area contributed by atoms with Crippen LogP contribution in [0.5, 0.6) is 11.5 Å². The lowest BCUT2D eigenvalue weighted by atomic mass is 9.99. The molecule has 0 amide bonds. The van der Waals surface area contributed by atoms with Crippen molar-refractivity contribution in [2.75, 3.05) is 0 Å². The Morgan fingerprint density at radius 1 is 1.26 bits per heavy atom. The number of benzene rings is 2. The van der Waals surface area contributed by atoms with Crippen molar-refractivity contribution in [1.82, 2.24) is 0 Å². The molecule has 2 aromatic rings. The van der Waals surface area contributed by atoms with Gasteiger partial charge >= 0.3 is 5.97 Å². The number of carboxylic acids is 1. The minimum atomic E-state index is -0.670. The summed E-state index contributed by atoms with van der Waals surface area (Å²) in [5.74, 6) is 1.24. The number of aryl methyl sites for hydroxylation is 1. The molecule has 1 aliphatic heterocycles. The van der Waals surface area contributed by atoms with Crippen LogP contribution in [0.2, 0.25) is 0 Å². The number of ether oxygens (including phenoxy) is 2. The summed E-state index contributed by atoms with van der Waals surface area (Å²) in [4.78, 5) is 11.0. The van der Waals surface area contributed by atoms with Crippen LogP contribution in [0.15, 0.2) is 36.4 Å². The van der Waals surface area contributed by atoms with E-state index >= 15 is 0 Å². The van der Waals surface area contributed by atoms with Crippen LogP contribution in [-0.4, -0.2) is 16.7 Å². The van der Waals surface area contributed by atoms with Gasteiger partial charge in [-0.2, -0.15) is 0 Å². The molecule has 2 unspecified atom stereocenters. The SMILES string of the molecule is Cc1cc(COc2ccc(CC3CC3C(=O)O)cc2)c2c(c1)CC(C)(C)O2. The Labute approximate surface area is 160 Å². The van der Waals surface area contributed by atoms with Gasteiger partial charge in [-0.15, -0.1) is 0 Å². The highest BCUT2D eigenvalue weighted by atomic mass is 16.5. The highest BCUT2D eigenvalue weighted by Gasteiger charge is 2.42. The van der Waals surface area contributed by atoms with E-state index in [2.05, 4.69) is 32.9 Å². The van der Waals surface area contributed by atoms with E-state index in [9.17, 15) is 4.79 Å². The average Bonchev–Trinajstić information content (AvgIpc) is 3.29. The molecule has 0 radical (unpaired) electrons. The molecule has 1 N–H and O–H groups in total. The molecule has 0 bridgehead atoms. The minimum absolute atomic E-state index is 0.159. The van der Waals surface area contributed by atoms with Gasteiger partial charge in [0.05, 0.1) is 5.92 Å². The Kier molecular flexibility index (Phi) is 4.37. The smallest absolute Gasteiger partial charge is 0.306 e. The Balaban J connectivity index is 1.39. The molecule has 1 fully saturated rings. The van der Waals surface area contributed by atoms with Crippen LogP contribution in [0, 0.1) is 18.8 Å². The van der Waals surface area contributed by atoms with Crippen LogP contribution < -0.4 is 9.47 Å². The molecule has 2 aromatic carbocycles. The maximum atomic E-state index is 11.0. The van der Waals surface area contributed by atoms with Gasteiger partial charge in [-0.25, -0.2) is 0 Å². The van der Waals surface area contributed by atoms with Crippen molar-refractivity contribution in [2.45, 2.75) is 52.2 Å². The third kappa shape index (κ3) is 3.95. The molecule has 1 saturated carbocycles. The molecule has 1 heterocycles. The zero-order chi connectivity index (χ0) is 19.2. The largest absolute Gasteiger partial charge is 0.489 e. The van der Waals surface area contributed by atoms with Gasteiger partial charge in [0.2, 0.25) is 0 Å². The van der Waals surface area contributed by atoms with Gasteiger partial charge in [-0.05, 0) is 68.9 Å². The van der Waals surface area contributed by atoms with Gasteiger partial charge in [0.1, 0.15) is 23.7 Å². The predicted octanol–water partition coefficient (Wildman–Crippen LogP) is 4.55. The van der Waals surface area contributed by atoms with Crippen molar-refractivity contribution in [3.63, 3.8) is 0 Å². The number of aliphatic carboxylic acids is 1. The Morgan fingerprint density at radius 3 is 2.67 bits per heavy atom. The summed E-state index contributed by atoms with van der Waals surface area (Å²) in [5.41, 5.74) is 4.57. The summed E-state index contributed by atoms with van der Waals surface area (Å²) in [6, 6.07) is 12.3. The van der Waals surface area contributed by atoms with Gasteiger partial charge < -0.3 is 14.6 Å². The second kappa shape index (κ2) is 6.59. The van der Waals surface area contributed by atoms with Crippen LogP contribution in [0.4, 0.5) is 0 Å². The lowest BCUT2D eigenvalue weighted by Crippen LogP contribution is -2.25.